The molecule has 8 heteroatoms. The van der Waals surface area contributed by atoms with Crippen molar-refractivity contribution in [3.8, 4) is 0 Å². The summed E-state index contributed by atoms with van der Waals surface area (Å²) in [6.45, 7) is 2.05. The standard InChI is InChI=1S/C17H18N6O2.2H2/c24-17(19-7-10-1-2-10)14-12-8-23(6-4-13(12)25-22-14)16-11-3-5-18-15(11)20-9-21-16;;/h3,5,9-10H,1-2,4,6-8H2,(H,19,24)(H,18,20,21);2*1H. The highest BCUT2D eigenvalue weighted by Crippen LogP contribution is 2.30. The van der Waals surface area contributed by atoms with Gasteiger partial charge in [-0.25, -0.2) is 9.97 Å². The van der Waals surface area contributed by atoms with E-state index in [0.717, 1.165) is 41.3 Å². The number of anilines is 1. The van der Waals surface area contributed by atoms with Gasteiger partial charge in [0.1, 0.15) is 23.6 Å². The fraction of sp³-hybridized carbons (Fsp3) is 0.412. The number of hydrogen-bond donors (Lipinski definition) is 2. The number of nitrogens with one attached hydrogen (secondary N) is 2. The van der Waals surface area contributed by atoms with Crippen molar-refractivity contribution in [1.82, 2.24) is 25.4 Å². The first-order chi connectivity index (χ1) is 12.3. The number of aromatic amines is 1. The quantitative estimate of drug-likeness (QED) is 0.753. The molecule has 132 valence electrons. The summed E-state index contributed by atoms with van der Waals surface area (Å²) in [6, 6.07) is 1.97. The number of aromatic nitrogens is 4. The molecular formula is C17H22N6O2. The van der Waals surface area contributed by atoms with Gasteiger partial charge in [-0.05, 0) is 24.8 Å². The molecule has 0 unspecified atom stereocenters. The lowest BCUT2D eigenvalue weighted by molar-refractivity contribution is 0.0942. The van der Waals surface area contributed by atoms with Gasteiger partial charge in [-0.2, -0.15) is 0 Å². The van der Waals surface area contributed by atoms with Gasteiger partial charge in [-0.15, -0.1) is 0 Å². The molecule has 0 radical (unpaired) electrons. The molecule has 0 aromatic carbocycles. The fourth-order valence-electron chi connectivity index (χ4n) is 3.32. The number of fused-ring (bicyclic) bond motifs is 2. The van der Waals surface area contributed by atoms with E-state index < -0.39 is 0 Å². The van der Waals surface area contributed by atoms with Crippen molar-refractivity contribution < 1.29 is 12.2 Å². The maximum atomic E-state index is 12.4. The molecule has 25 heavy (non-hydrogen) atoms. The van der Waals surface area contributed by atoms with E-state index in [9.17, 15) is 4.79 Å². The van der Waals surface area contributed by atoms with Crippen LogP contribution in [0.3, 0.4) is 0 Å². The average Bonchev–Trinajstić information content (AvgIpc) is 3.17. The smallest absolute Gasteiger partial charge is 0.273 e. The molecule has 1 aliphatic carbocycles. The molecular weight excluding hydrogens is 320 g/mol. The number of rotatable bonds is 4. The Labute approximate surface area is 146 Å². The monoisotopic (exact) mass is 342 g/mol. The van der Waals surface area contributed by atoms with E-state index in [1.165, 1.54) is 12.8 Å². The Bertz CT molecular complexity index is 952. The predicted molar refractivity (Wildman–Crippen MR) is 94.4 cm³/mol. The Morgan fingerprint density at radius 1 is 1.44 bits per heavy atom. The SMILES string of the molecule is O=C(NCC1CC1)c1noc2c1CN(c1ncnc3[nH]ccc13)CC2.[HH].[HH]. The van der Waals surface area contributed by atoms with Crippen molar-refractivity contribution in [3.63, 3.8) is 0 Å². The summed E-state index contributed by atoms with van der Waals surface area (Å²) >= 11 is 0. The zero-order chi connectivity index (χ0) is 16.8. The van der Waals surface area contributed by atoms with Crippen LogP contribution in [0.5, 0.6) is 0 Å². The second-order valence-electron chi connectivity index (χ2n) is 6.70. The third kappa shape index (κ3) is 2.54. The van der Waals surface area contributed by atoms with Crippen LogP contribution in [0.15, 0.2) is 23.1 Å². The highest BCUT2D eigenvalue weighted by atomic mass is 16.5. The number of carbonyl (C=O) groups is 1. The summed E-state index contributed by atoms with van der Waals surface area (Å²) in [4.78, 5) is 26.4. The molecule has 1 aliphatic heterocycles. The molecule has 1 amide bonds. The van der Waals surface area contributed by atoms with Crippen LogP contribution in [0.2, 0.25) is 0 Å². The van der Waals surface area contributed by atoms with Crippen molar-refractivity contribution in [1.29, 1.82) is 0 Å². The molecule has 1 saturated carbocycles. The summed E-state index contributed by atoms with van der Waals surface area (Å²) in [5.41, 5.74) is 2.07. The van der Waals surface area contributed by atoms with Gasteiger partial charge in [-0.1, -0.05) is 5.16 Å². The lowest BCUT2D eigenvalue weighted by atomic mass is 10.1. The molecule has 2 N–H and O–H groups in total. The van der Waals surface area contributed by atoms with Gasteiger partial charge >= 0.3 is 0 Å². The van der Waals surface area contributed by atoms with Gasteiger partial charge < -0.3 is 19.7 Å². The van der Waals surface area contributed by atoms with Gasteiger partial charge in [0.25, 0.3) is 5.91 Å². The van der Waals surface area contributed by atoms with E-state index in [1.807, 2.05) is 12.3 Å². The minimum absolute atomic E-state index is 0. The molecule has 3 aromatic rings. The summed E-state index contributed by atoms with van der Waals surface area (Å²) in [5.74, 6) is 2.15. The summed E-state index contributed by atoms with van der Waals surface area (Å²) in [6.07, 6.45) is 6.51. The number of amides is 1. The van der Waals surface area contributed by atoms with Crippen LogP contribution in [-0.4, -0.2) is 39.1 Å². The Hall–Kier alpha value is -2.90. The third-order valence-corrected chi connectivity index (χ3v) is 4.92. The van der Waals surface area contributed by atoms with Gasteiger partial charge in [0.2, 0.25) is 0 Å². The zero-order valence-electron chi connectivity index (χ0n) is 13.7. The molecule has 4 heterocycles. The second kappa shape index (κ2) is 5.58. The molecule has 0 atom stereocenters. The van der Waals surface area contributed by atoms with Crippen LogP contribution in [0, 0.1) is 5.92 Å². The van der Waals surface area contributed by atoms with E-state index >= 15 is 0 Å². The lowest BCUT2D eigenvalue weighted by Crippen LogP contribution is -2.33. The summed E-state index contributed by atoms with van der Waals surface area (Å²) < 4.78 is 5.41. The molecule has 8 nitrogen and oxygen atoms in total. The summed E-state index contributed by atoms with van der Waals surface area (Å²) in [7, 11) is 0. The van der Waals surface area contributed by atoms with Crippen molar-refractivity contribution in [2.45, 2.75) is 25.8 Å². The molecule has 5 rings (SSSR count). The van der Waals surface area contributed by atoms with Gasteiger partial charge in [0, 0.05) is 34.1 Å². The first-order valence-corrected chi connectivity index (χ1v) is 8.58. The largest absolute Gasteiger partial charge is 0.360 e. The van der Waals surface area contributed by atoms with Crippen LogP contribution in [0.4, 0.5) is 5.82 Å². The van der Waals surface area contributed by atoms with Crippen LogP contribution in [-0.2, 0) is 13.0 Å². The molecule has 2 aliphatic rings. The van der Waals surface area contributed by atoms with Crippen molar-refractivity contribution in [2.24, 2.45) is 5.92 Å². The van der Waals surface area contributed by atoms with E-state index in [-0.39, 0.29) is 8.76 Å². The average molecular weight is 342 g/mol. The van der Waals surface area contributed by atoms with E-state index in [4.69, 9.17) is 4.52 Å². The molecule has 3 aromatic heterocycles. The van der Waals surface area contributed by atoms with Gasteiger partial charge in [0.15, 0.2) is 5.69 Å². The van der Waals surface area contributed by atoms with E-state index in [0.29, 0.717) is 24.6 Å². The van der Waals surface area contributed by atoms with Crippen molar-refractivity contribution in [3.05, 3.63) is 35.6 Å². The first-order valence-electron chi connectivity index (χ1n) is 8.58. The normalized spacial score (nSPS) is 16.9. The van der Waals surface area contributed by atoms with Crippen LogP contribution in [0.1, 0.15) is 37.5 Å². The Balaban J connectivity index is 0.00000105. The maximum absolute atomic E-state index is 12.4. The molecule has 1 fully saturated rings. The molecule has 0 saturated heterocycles. The lowest BCUT2D eigenvalue weighted by Gasteiger charge is -2.27. The van der Waals surface area contributed by atoms with E-state index in [1.54, 1.807) is 6.33 Å². The highest BCUT2D eigenvalue weighted by molar-refractivity contribution is 5.94. The maximum Gasteiger partial charge on any atom is 0.273 e. The topological polar surface area (TPSA) is 99.9 Å². The van der Waals surface area contributed by atoms with Crippen molar-refractivity contribution >= 4 is 22.8 Å². The Morgan fingerprint density at radius 2 is 2.36 bits per heavy atom. The highest BCUT2D eigenvalue weighted by Gasteiger charge is 2.30. The number of nitrogens with zero attached hydrogens (tertiary/aromatic N) is 4. The number of hydrogen-bond acceptors (Lipinski definition) is 6. The molecule has 0 spiro atoms. The first kappa shape index (κ1) is 14.4. The zero-order valence-corrected chi connectivity index (χ0v) is 13.7. The van der Waals surface area contributed by atoms with Crippen LogP contribution >= 0.6 is 0 Å². The Morgan fingerprint density at radius 3 is 3.24 bits per heavy atom. The number of H-pyrrole nitrogens is 1. The third-order valence-electron chi connectivity index (χ3n) is 4.92. The van der Waals surface area contributed by atoms with Gasteiger partial charge in [-0.3, -0.25) is 4.79 Å². The summed E-state index contributed by atoms with van der Waals surface area (Å²) in [5, 5.41) is 7.96. The van der Waals surface area contributed by atoms with Crippen LogP contribution < -0.4 is 10.2 Å². The molecule has 0 bridgehead atoms. The van der Waals surface area contributed by atoms with E-state index in [2.05, 4.69) is 30.3 Å². The minimum Gasteiger partial charge on any atom is -0.360 e. The fourth-order valence-corrected chi connectivity index (χ4v) is 3.32. The van der Waals surface area contributed by atoms with Gasteiger partial charge in [0.05, 0.1) is 11.9 Å². The second-order valence-corrected chi connectivity index (χ2v) is 6.70. The Kier molecular flexibility index (Phi) is 3.22. The minimum atomic E-state index is -0.145. The van der Waals surface area contributed by atoms with Crippen LogP contribution in [0.25, 0.3) is 11.0 Å². The number of carbonyl (C=O) groups excluding carboxylic acids is 1. The predicted octanol–water partition coefficient (Wildman–Crippen LogP) is 2.14. The van der Waals surface area contributed by atoms with Crippen molar-refractivity contribution in [2.75, 3.05) is 18.0 Å².